The molecule has 156 valence electrons. The van der Waals surface area contributed by atoms with Gasteiger partial charge in [0.15, 0.2) is 11.4 Å². The van der Waals surface area contributed by atoms with Gasteiger partial charge in [0.1, 0.15) is 5.39 Å². The molecule has 7 heteroatoms. The van der Waals surface area contributed by atoms with Gasteiger partial charge in [-0.05, 0) is 41.8 Å². The fraction of sp³-hybridized carbons (Fsp3) is 0.0400. The van der Waals surface area contributed by atoms with Crippen molar-refractivity contribution < 1.29 is 4.79 Å². The quantitative estimate of drug-likeness (QED) is 0.384. The highest BCUT2D eigenvalue weighted by Gasteiger charge is 2.18. The fourth-order valence-corrected chi connectivity index (χ4v) is 3.92. The number of hydrogen-bond acceptors (Lipinski definition) is 4. The lowest BCUT2D eigenvalue weighted by molar-refractivity contribution is 0.101. The number of rotatable bonds is 4. The van der Waals surface area contributed by atoms with Crippen LogP contribution in [0.2, 0.25) is 5.02 Å². The van der Waals surface area contributed by atoms with Crippen LogP contribution in [-0.4, -0.2) is 25.5 Å². The number of benzene rings is 3. The molecule has 5 aromatic rings. The van der Waals surface area contributed by atoms with Gasteiger partial charge in [-0.25, -0.2) is 9.67 Å². The Morgan fingerprint density at radius 1 is 0.969 bits per heavy atom. The van der Waals surface area contributed by atoms with Crippen molar-refractivity contribution in [2.24, 2.45) is 0 Å². The van der Waals surface area contributed by atoms with Crippen molar-refractivity contribution in [3.63, 3.8) is 0 Å². The van der Waals surface area contributed by atoms with Crippen molar-refractivity contribution in [2.75, 3.05) is 0 Å². The number of nitrogens with one attached hydrogen (secondary N) is 1. The molecule has 0 aliphatic rings. The van der Waals surface area contributed by atoms with Crippen LogP contribution in [0.5, 0.6) is 0 Å². The van der Waals surface area contributed by atoms with Gasteiger partial charge in [0.25, 0.3) is 5.56 Å². The van der Waals surface area contributed by atoms with Gasteiger partial charge in [0, 0.05) is 16.1 Å². The number of hydrogen-bond donors (Lipinski definition) is 1. The van der Waals surface area contributed by atoms with Crippen LogP contribution in [-0.2, 0) is 0 Å². The lowest BCUT2D eigenvalue weighted by Gasteiger charge is -2.16. The van der Waals surface area contributed by atoms with E-state index in [4.69, 9.17) is 11.6 Å². The topological polar surface area (TPSA) is 80.6 Å². The second-order valence-electron chi connectivity index (χ2n) is 7.37. The Hall–Kier alpha value is -4.03. The van der Waals surface area contributed by atoms with E-state index in [-0.39, 0.29) is 11.3 Å². The minimum Gasteiger partial charge on any atom is -0.312 e. The van der Waals surface area contributed by atoms with Crippen LogP contribution < -0.4 is 5.56 Å². The summed E-state index contributed by atoms with van der Waals surface area (Å²) in [6.45, 7) is 1.54. The predicted molar refractivity (Wildman–Crippen MR) is 125 cm³/mol. The van der Waals surface area contributed by atoms with E-state index in [0.29, 0.717) is 21.6 Å². The number of nitrogens with zero attached hydrogens (tertiary/aromatic N) is 3. The van der Waals surface area contributed by atoms with Crippen LogP contribution in [0.1, 0.15) is 17.3 Å². The Morgan fingerprint density at radius 3 is 2.41 bits per heavy atom. The van der Waals surface area contributed by atoms with Gasteiger partial charge in [-0.3, -0.25) is 9.59 Å². The Labute approximate surface area is 188 Å². The maximum Gasteiger partial charge on any atom is 0.261 e. The molecule has 0 aliphatic heterocycles. The lowest BCUT2D eigenvalue weighted by atomic mass is 9.92. The first-order valence-electron chi connectivity index (χ1n) is 9.95. The summed E-state index contributed by atoms with van der Waals surface area (Å²) in [6.07, 6.45) is 2.88. The molecule has 2 aromatic heterocycles. The summed E-state index contributed by atoms with van der Waals surface area (Å²) in [5.41, 5.74) is 5.36. The minimum atomic E-state index is -0.248. The van der Waals surface area contributed by atoms with E-state index in [1.165, 1.54) is 12.5 Å². The molecule has 0 spiro atoms. The largest absolute Gasteiger partial charge is 0.312 e. The van der Waals surface area contributed by atoms with Gasteiger partial charge in [0.05, 0.1) is 18.2 Å². The van der Waals surface area contributed by atoms with Crippen LogP contribution >= 0.6 is 11.6 Å². The van der Waals surface area contributed by atoms with Crippen LogP contribution in [0.25, 0.3) is 39.0 Å². The monoisotopic (exact) mass is 440 g/mol. The molecular weight excluding hydrogens is 424 g/mol. The summed E-state index contributed by atoms with van der Waals surface area (Å²) >= 11 is 6.11. The summed E-state index contributed by atoms with van der Waals surface area (Å²) < 4.78 is 1.66. The number of ketones is 1. The number of halogens is 1. The van der Waals surface area contributed by atoms with Gasteiger partial charge >= 0.3 is 0 Å². The summed E-state index contributed by atoms with van der Waals surface area (Å²) in [6, 6.07) is 20.9. The van der Waals surface area contributed by atoms with Crippen molar-refractivity contribution in [1.29, 1.82) is 0 Å². The molecule has 0 bridgehead atoms. The Kier molecular flexibility index (Phi) is 4.92. The molecule has 0 aliphatic carbocycles. The highest BCUT2D eigenvalue weighted by Crippen LogP contribution is 2.38. The Bertz CT molecular complexity index is 1520. The molecule has 0 radical (unpaired) electrons. The first kappa shape index (κ1) is 19.9. The molecule has 0 unspecified atom stereocenters. The van der Waals surface area contributed by atoms with E-state index in [9.17, 15) is 9.59 Å². The number of fused-ring (bicyclic) bond motifs is 1. The average molecular weight is 441 g/mol. The number of H-pyrrole nitrogens is 1. The van der Waals surface area contributed by atoms with Gasteiger partial charge in [-0.15, -0.1) is 0 Å². The van der Waals surface area contributed by atoms with Crippen molar-refractivity contribution in [2.45, 2.75) is 6.92 Å². The van der Waals surface area contributed by atoms with Crippen molar-refractivity contribution >= 4 is 28.4 Å². The molecule has 32 heavy (non-hydrogen) atoms. The SMILES string of the molecule is CC(=O)c1ccc(-c2c(-c3ccc(Cl)cc3)cccc2-n2ncc3c(=O)[nH]cnc32)cc1. The molecule has 6 nitrogen and oxygen atoms in total. The van der Waals surface area contributed by atoms with E-state index in [0.717, 1.165) is 27.9 Å². The van der Waals surface area contributed by atoms with Crippen LogP contribution in [0.3, 0.4) is 0 Å². The van der Waals surface area contributed by atoms with E-state index in [2.05, 4.69) is 15.1 Å². The first-order valence-corrected chi connectivity index (χ1v) is 10.3. The predicted octanol–water partition coefficient (Wildman–Crippen LogP) is 5.30. The molecule has 3 aromatic carbocycles. The molecule has 0 saturated carbocycles. The fourth-order valence-electron chi connectivity index (χ4n) is 3.79. The number of carbonyl (C=O) groups excluding carboxylic acids is 1. The minimum absolute atomic E-state index is 0.00394. The van der Waals surface area contributed by atoms with Crippen LogP contribution in [0, 0.1) is 0 Å². The van der Waals surface area contributed by atoms with Crippen molar-refractivity contribution in [3.8, 4) is 27.9 Å². The zero-order valence-corrected chi connectivity index (χ0v) is 17.8. The molecule has 0 saturated heterocycles. The number of Topliss-reactive ketones (excluding diaryl/α,β-unsaturated/α-hetero) is 1. The maximum atomic E-state index is 12.2. The summed E-state index contributed by atoms with van der Waals surface area (Å²) in [7, 11) is 0. The molecule has 2 heterocycles. The summed E-state index contributed by atoms with van der Waals surface area (Å²) in [4.78, 5) is 30.9. The van der Waals surface area contributed by atoms with E-state index in [1.54, 1.807) is 11.6 Å². The second kappa shape index (κ2) is 7.90. The number of carbonyl (C=O) groups is 1. The van der Waals surface area contributed by atoms with Crippen molar-refractivity contribution in [3.05, 3.63) is 100 Å². The average Bonchev–Trinajstić information content (AvgIpc) is 3.24. The first-order chi connectivity index (χ1) is 15.5. The molecule has 0 fully saturated rings. The standard InChI is InChI=1S/C25H17ClN4O2/c1-15(31)16-5-7-18(8-6-16)23-20(17-9-11-19(26)12-10-17)3-2-4-22(23)30-24-21(13-29-30)25(32)28-14-27-24/h2-14H,1H3,(H,27,28,32). The van der Waals surface area contributed by atoms with E-state index >= 15 is 0 Å². The third kappa shape index (κ3) is 3.40. The zero-order chi connectivity index (χ0) is 22.2. The molecule has 0 atom stereocenters. The highest BCUT2D eigenvalue weighted by molar-refractivity contribution is 6.30. The van der Waals surface area contributed by atoms with Gasteiger partial charge in [0.2, 0.25) is 0 Å². The van der Waals surface area contributed by atoms with Crippen LogP contribution in [0.4, 0.5) is 0 Å². The summed E-state index contributed by atoms with van der Waals surface area (Å²) in [5.74, 6) is 0.00394. The number of aromatic nitrogens is 4. The normalized spacial score (nSPS) is 11.1. The maximum absolute atomic E-state index is 12.2. The van der Waals surface area contributed by atoms with E-state index in [1.807, 2.05) is 66.7 Å². The molecular formula is C25H17ClN4O2. The third-order valence-corrected chi connectivity index (χ3v) is 5.63. The van der Waals surface area contributed by atoms with Gasteiger partial charge in [-0.2, -0.15) is 5.10 Å². The van der Waals surface area contributed by atoms with Crippen LogP contribution in [0.15, 0.2) is 84.0 Å². The summed E-state index contributed by atoms with van der Waals surface area (Å²) in [5, 5.41) is 5.52. The molecule has 1 N–H and O–H groups in total. The third-order valence-electron chi connectivity index (χ3n) is 5.38. The van der Waals surface area contributed by atoms with Gasteiger partial charge < -0.3 is 4.98 Å². The second-order valence-corrected chi connectivity index (χ2v) is 7.80. The van der Waals surface area contributed by atoms with Crippen molar-refractivity contribution in [1.82, 2.24) is 19.7 Å². The molecule has 5 rings (SSSR count). The molecule has 0 amide bonds. The number of aromatic amines is 1. The highest BCUT2D eigenvalue weighted by atomic mass is 35.5. The Balaban J connectivity index is 1.81. The van der Waals surface area contributed by atoms with E-state index < -0.39 is 0 Å². The lowest BCUT2D eigenvalue weighted by Crippen LogP contribution is -2.07. The Morgan fingerprint density at radius 2 is 1.69 bits per heavy atom. The smallest absolute Gasteiger partial charge is 0.261 e. The zero-order valence-electron chi connectivity index (χ0n) is 17.0. The van der Waals surface area contributed by atoms with Gasteiger partial charge in [-0.1, -0.05) is 60.1 Å².